The minimum Gasteiger partial charge on any atom is -0.360 e. The average molecular weight is 363 g/mol. The molecule has 0 atom stereocenters. The van der Waals surface area contributed by atoms with Gasteiger partial charge in [0.05, 0.1) is 0 Å². The second-order valence-electron chi connectivity index (χ2n) is 6.27. The van der Waals surface area contributed by atoms with Crippen LogP contribution in [-0.2, 0) is 6.42 Å². The Kier molecular flexibility index (Phi) is 5.35. The number of aryl methyl sites for hydroxylation is 3. The summed E-state index contributed by atoms with van der Waals surface area (Å²) in [4.78, 5) is 24.8. The summed E-state index contributed by atoms with van der Waals surface area (Å²) in [7, 11) is 0. The van der Waals surface area contributed by atoms with Gasteiger partial charge in [-0.3, -0.25) is 9.59 Å². The normalized spacial score (nSPS) is 10.5. The van der Waals surface area contributed by atoms with Crippen molar-refractivity contribution in [3.63, 3.8) is 0 Å². The molecule has 0 radical (unpaired) electrons. The van der Waals surface area contributed by atoms with E-state index in [4.69, 9.17) is 4.52 Å². The van der Waals surface area contributed by atoms with Gasteiger partial charge < -0.3 is 15.2 Å². The molecule has 0 saturated carbocycles. The molecule has 0 aliphatic carbocycles. The monoisotopic (exact) mass is 363 g/mol. The van der Waals surface area contributed by atoms with Crippen LogP contribution in [-0.4, -0.2) is 17.0 Å². The Morgan fingerprint density at radius 3 is 2.15 bits per heavy atom. The molecule has 0 aliphatic rings. The Morgan fingerprint density at radius 1 is 0.963 bits per heavy atom. The van der Waals surface area contributed by atoms with Gasteiger partial charge in [0.15, 0.2) is 5.82 Å². The van der Waals surface area contributed by atoms with Gasteiger partial charge in [0.2, 0.25) is 0 Å². The van der Waals surface area contributed by atoms with E-state index in [-0.39, 0.29) is 11.8 Å². The third-order valence-electron chi connectivity index (χ3n) is 4.26. The maximum Gasteiger partial charge on any atom is 0.256 e. The maximum absolute atomic E-state index is 12.6. The highest BCUT2D eigenvalue weighted by atomic mass is 16.5. The van der Waals surface area contributed by atoms with E-state index >= 15 is 0 Å². The Hall–Kier alpha value is -3.41. The van der Waals surface area contributed by atoms with Crippen molar-refractivity contribution in [1.82, 2.24) is 5.16 Å². The summed E-state index contributed by atoms with van der Waals surface area (Å²) in [5, 5.41) is 9.35. The van der Waals surface area contributed by atoms with Gasteiger partial charge in [0.25, 0.3) is 11.8 Å². The summed E-state index contributed by atoms with van der Waals surface area (Å²) in [6.07, 6.45) is 0.831. The van der Waals surface area contributed by atoms with Crippen molar-refractivity contribution < 1.29 is 14.1 Å². The van der Waals surface area contributed by atoms with Gasteiger partial charge in [0.1, 0.15) is 5.76 Å². The lowest BCUT2D eigenvalue weighted by Gasteiger charge is -2.13. The number of nitrogens with zero attached hydrogens (tertiary/aromatic N) is 1. The predicted molar refractivity (Wildman–Crippen MR) is 104 cm³/mol. The second kappa shape index (κ2) is 7.86. The second-order valence-corrected chi connectivity index (χ2v) is 6.27. The summed E-state index contributed by atoms with van der Waals surface area (Å²) in [6.45, 7) is 5.76. The van der Waals surface area contributed by atoms with Crippen molar-refractivity contribution in [2.24, 2.45) is 0 Å². The third kappa shape index (κ3) is 4.23. The van der Waals surface area contributed by atoms with Crippen LogP contribution in [0.15, 0.2) is 53.1 Å². The van der Waals surface area contributed by atoms with Crippen LogP contribution in [0.3, 0.4) is 0 Å². The van der Waals surface area contributed by atoms with Gasteiger partial charge in [-0.25, -0.2) is 0 Å². The molecule has 0 saturated heterocycles. The Labute approximate surface area is 157 Å². The molecular formula is C21H21N3O3. The zero-order chi connectivity index (χ0) is 19.4. The van der Waals surface area contributed by atoms with E-state index in [2.05, 4.69) is 15.8 Å². The molecule has 0 spiro atoms. The molecule has 6 nitrogen and oxygen atoms in total. The summed E-state index contributed by atoms with van der Waals surface area (Å²) in [6, 6.07) is 14.0. The molecule has 0 bridgehead atoms. The molecule has 2 aromatic carbocycles. The molecule has 1 heterocycles. The van der Waals surface area contributed by atoms with E-state index in [1.165, 1.54) is 0 Å². The fourth-order valence-corrected chi connectivity index (χ4v) is 2.77. The van der Waals surface area contributed by atoms with Gasteiger partial charge in [-0.1, -0.05) is 30.3 Å². The largest absolute Gasteiger partial charge is 0.360 e. The number of anilines is 2. The highest BCUT2D eigenvalue weighted by Gasteiger charge is 2.13. The van der Waals surface area contributed by atoms with Gasteiger partial charge >= 0.3 is 0 Å². The smallest absolute Gasteiger partial charge is 0.256 e. The number of hydrogen-bond donors (Lipinski definition) is 2. The molecule has 2 N–H and O–H groups in total. The van der Waals surface area contributed by atoms with E-state index in [1.54, 1.807) is 37.3 Å². The lowest BCUT2D eigenvalue weighted by Crippen LogP contribution is -2.15. The van der Waals surface area contributed by atoms with Crippen molar-refractivity contribution in [3.05, 3.63) is 76.5 Å². The SMILES string of the molecule is CCc1cccc(C)c1NC(=O)c1ccc(C(=O)Nc2cc(C)on2)cc1. The van der Waals surface area contributed by atoms with Gasteiger partial charge in [-0.2, -0.15) is 0 Å². The summed E-state index contributed by atoms with van der Waals surface area (Å²) >= 11 is 0. The number of carbonyl (C=O) groups is 2. The Bertz CT molecular complexity index is 975. The Morgan fingerprint density at radius 2 is 1.59 bits per heavy atom. The zero-order valence-corrected chi connectivity index (χ0v) is 15.5. The van der Waals surface area contributed by atoms with Crippen LogP contribution in [0.25, 0.3) is 0 Å². The molecule has 0 aliphatic heterocycles. The van der Waals surface area contributed by atoms with Crippen molar-refractivity contribution in [3.8, 4) is 0 Å². The van der Waals surface area contributed by atoms with Crippen LogP contribution in [0.4, 0.5) is 11.5 Å². The highest BCUT2D eigenvalue weighted by molar-refractivity contribution is 6.07. The molecule has 1 aromatic heterocycles. The van der Waals surface area contributed by atoms with Crippen LogP contribution < -0.4 is 10.6 Å². The Balaban J connectivity index is 1.71. The number of nitrogens with one attached hydrogen (secondary N) is 2. The molecule has 27 heavy (non-hydrogen) atoms. The van der Waals surface area contributed by atoms with E-state index in [1.807, 2.05) is 32.0 Å². The van der Waals surface area contributed by atoms with Crippen molar-refractivity contribution in [2.45, 2.75) is 27.2 Å². The lowest BCUT2D eigenvalue weighted by atomic mass is 10.0. The lowest BCUT2D eigenvalue weighted by molar-refractivity contribution is 0.101. The first-order chi connectivity index (χ1) is 13.0. The standard InChI is InChI=1S/C21H21N3O3/c1-4-15-7-5-6-13(2)19(15)23-21(26)17-10-8-16(9-11-17)20(25)22-18-12-14(3)27-24-18/h5-12H,4H2,1-3H3,(H,23,26)(H,22,24,25). The molecule has 0 fully saturated rings. The molecule has 2 amide bonds. The minimum atomic E-state index is -0.317. The van der Waals surface area contributed by atoms with Crippen LogP contribution in [0.5, 0.6) is 0 Å². The summed E-state index contributed by atoms with van der Waals surface area (Å²) < 4.78 is 4.92. The van der Waals surface area contributed by atoms with Crippen LogP contribution >= 0.6 is 0 Å². The predicted octanol–water partition coefficient (Wildman–Crippen LogP) is 4.36. The van der Waals surface area contributed by atoms with Crippen molar-refractivity contribution in [1.29, 1.82) is 0 Å². The van der Waals surface area contributed by atoms with Gasteiger partial charge in [-0.15, -0.1) is 0 Å². The van der Waals surface area contributed by atoms with Crippen molar-refractivity contribution in [2.75, 3.05) is 10.6 Å². The topological polar surface area (TPSA) is 84.2 Å². The van der Waals surface area contributed by atoms with E-state index in [0.717, 1.165) is 23.2 Å². The zero-order valence-electron chi connectivity index (χ0n) is 15.5. The quantitative estimate of drug-likeness (QED) is 0.705. The molecule has 3 aromatic rings. The minimum absolute atomic E-state index is 0.210. The molecular weight excluding hydrogens is 342 g/mol. The highest BCUT2D eigenvalue weighted by Crippen LogP contribution is 2.22. The number of benzene rings is 2. The molecule has 138 valence electrons. The fraction of sp³-hybridized carbons (Fsp3) is 0.190. The van der Waals surface area contributed by atoms with Crippen LogP contribution in [0.2, 0.25) is 0 Å². The van der Waals surface area contributed by atoms with E-state index in [9.17, 15) is 9.59 Å². The van der Waals surface area contributed by atoms with Crippen LogP contribution in [0.1, 0.15) is 44.5 Å². The molecule has 0 unspecified atom stereocenters. The number of para-hydroxylation sites is 1. The third-order valence-corrected chi connectivity index (χ3v) is 4.26. The first kappa shape index (κ1) is 18.4. The van der Waals surface area contributed by atoms with Crippen molar-refractivity contribution >= 4 is 23.3 Å². The molecule has 6 heteroatoms. The summed E-state index contributed by atoms with van der Waals surface area (Å²) in [5.41, 5.74) is 3.85. The number of aromatic nitrogens is 1. The maximum atomic E-state index is 12.6. The fourth-order valence-electron chi connectivity index (χ4n) is 2.77. The summed E-state index contributed by atoms with van der Waals surface area (Å²) in [5.74, 6) is 0.437. The number of amides is 2. The average Bonchev–Trinajstić information content (AvgIpc) is 3.08. The number of carbonyl (C=O) groups excluding carboxylic acids is 2. The van der Waals surface area contributed by atoms with Crippen LogP contribution in [0, 0.1) is 13.8 Å². The number of rotatable bonds is 5. The first-order valence-corrected chi connectivity index (χ1v) is 8.72. The number of hydrogen-bond acceptors (Lipinski definition) is 4. The van der Waals surface area contributed by atoms with E-state index in [0.29, 0.717) is 22.7 Å². The van der Waals surface area contributed by atoms with Gasteiger partial charge in [0, 0.05) is 22.9 Å². The van der Waals surface area contributed by atoms with Gasteiger partial charge in [-0.05, 0) is 55.7 Å². The first-order valence-electron chi connectivity index (χ1n) is 8.72. The molecule has 3 rings (SSSR count). The van der Waals surface area contributed by atoms with E-state index < -0.39 is 0 Å².